The zero-order valence-corrected chi connectivity index (χ0v) is 8.16. The van der Waals surface area contributed by atoms with Crippen LogP contribution in [0.25, 0.3) is 0 Å². The molecule has 0 saturated carbocycles. The summed E-state index contributed by atoms with van der Waals surface area (Å²) in [6.45, 7) is 7.26. The van der Waals surface area contributed by atoms with E-state index in [1.165, 1.54) is 0 Å². The number of carbonyl (C=O) groups is 1. The number of carbonyl (C=O) groups excluding carboxylic acids is 1. The van der Waals surface area contributed by atoms with Gasteiger partial charge in [0.05, 0.1) is 6.10 Å². The lowest BCUT2D eigenvalue weighted by Crippen LogP contribution is -2.23. The standard InChI is InChI=1S/C10H16O3/c1-4-5-6-8-9(7-11)13-10(2,3)12-8/h4,7-9H,1,5-6H2,2-3H3/t8-,9+/m0/s1. The van der Waals surface area contributed by atoms with E-state index in [-0.39, 0.29) is 6.10 Å². The van der Waals surface area contributed by atoms with Gasteiger partial charge in [0.1, 0.15) is 6.10 Å². The summed E-state index contributed by atoms with van der Waals surface area (Å²) in [7, 11) is 0. The second-order valence-electron chi connectivity index (χ2n) is 3.64. The molecule has 0 bridgehead atoms. The van der Waals surface area contributed by atoms with Crippen molar-refractivity contribution in [3.05, 3.63) is 12.7 Å². The third-order valence-electron chi connectivity index (χ3n) is 2.01. The Kier molecular flexibility index (Phi) is 3.22. The first-order valence-corrected chi connectivity index (χ1v) is 4.51. The highest BCUT2D eigenvalue weighted by Gasteiger charge is 2.40. The van der Waals surface area contributed by atoms with Gasteiger partial charge in [0.15, 0.2) is 12.1 Å². The summed E-state index contributed by atoms with van der Waals surface area (Å²) >= 11 is 0. The van der Waals surface area contributed by atoms with Crippen molar-refractivity contribution in [3.63, 3.8) is 0 Å². The van der Waals surface area contributed by atoms with Crippen LogP contribution in [-0.4, -0.2) is 24.3 Å². The summed E-state index contributed by atoms with van der Waals surface area (Å²) in [5.74, 6) is -0.628. The van der Waals surface area contributed by atoms with E-state index in [4.69, 9.17) is 9.47 Å². The van der Waals surface area contributed by atoms with Crippen molar-refractivity contribution >= 4 is 6.29 Å². The van der Waals surface area contributed by atoms with Crippen LogP contribution in [0, 0.1) is 0 Å². The van der Waals surface area contributed by atoms with Crippen molar-refractivity contribution in [1.82, 2.24) is 0 Å². The summed E-state index contributed by atoms with van der Waals surface area (Å²) in [6.07, 6.45) is 3.71. The molecular formula is C10H16O3. The van der Waals surface area contributed by atoms with Gasteiger partial charge >= 0.3 is 0 Å². The van der Waals surface area contributed by atoms with Crippen LogP contribution in [0.5, 0.6) is 0 Å². The van der Waals surface area contributed by atoms with Crippen LogP contribution >= 0.6 is 0 Å². The minimum absolute atomic E-state index is 0.120. The Morgan fingerprint density at radius 3 is 2.69 bits per heavy atom. The Morgan fingerprint density at radius 1 is 1.46 bits per heavy atom. The summed E-state index contributed by atoms with van der Waals surface area (Å²) < 4.78 is 10.9. The fraction of sp³-hybridized carbons (Fsp3) is 0.700. The first kappa shape index (κ1) is 10.4. The maximum atomic E-state index is 10.6. The molecule has 13 heavy (non-hydrogen) atoms. The Morgan fingerprint density at radius 2 is 2.15 bits per heavy atom. The topological polar surface area (TPSA) is 35.5 Å². The smallest absolute Gasteiger partial charge is 0.164 e. The fourth-order valence-corrected chi connectivity index (χ4v) is 1.48. The molecule has 1 aliphatic heterocycles. The molecule has 2 atom stereocenters. The number of aldehydes is 1. The highest BCUT2D eigenvalue weighted by Crippen LogP contribution is 2.29. The van der Waals surface area contributed by atoms with E-state index < -0.39 is 11.9 Å². The maximum absolute atomic E-state index is 10.6. The van der Waals surface area contributed by atoms with Gasteiger partial charge in [-0.2, -0.15) is 0 Å². The lowest BCUT2D eigenvalue weighted by Gasteiger charge is -2.16. The summed E-state index contributed by atoms with van der Waals surface area (Å²) in [6, 6.07) is 0. The third kappa shape index (κ3) is 2.64. The average Bonchev–Trinajstić information content (AvgIpc) is 2.37. The van der Waals surface area contributed by atoms with Gasteiger partial charge in [-0.1, -0.05) is 6.08 Å². The van der Waals surface area contributed by atoms with Crippen LogP contribution in [0.1, 0.15) is 26.7 Å². The molecule has 0 aliphatic carbocycles. The van der Waals surface area contributed by atoms with Gasteiger partial charge in [-0.3, -0.25) is 0 Å². The minimum atomic E-state index is -0.628. The van der Waals surface area contributed by atoms with Crippen molar-refractivity contribution in [2.75, 3.05) is 0 Å². The molecule has 0 amide bonds. The Balaban J connectivity index is 2.52. The largest absolute Gasteiger partial charge is 0.344 e. The van der Waals surface area contributed by atoms with Crippen molar-refractivity contribution in [2.45, 2.75) is 44.7 Å². The second-order valence-corrected chi connectivity index (χ2v) is 3.64. The molecule has 0 N–H and O–H groups in total. The molecular weight excluding hydrogens is 168 g/mol. The quantitative estimate of drug-likeness (QED) is 0.492. The number of hydrogen-bond acceptors (Lipinski definition) is 3. The van der Waals surface area contributed by atoms with Gasteiger partial charge < -0.3 is 14.3 Å². The van der Waals surface area contributed by atoms with Gasteiger partial charge in [0, 0.05) is 0 Å². The Bertz CT molecular complexity index is 198. The number of rotatable bonds is 4. The Hall–Kier alpha value is -0.670. The summed E-state index contributed by atoms with van der Waals surface area (Å²) in [4.78, 5) is 10.6. The van der Waals surface area contributed by atoms with Gasteiger partial charge in [0.2, 0.25) is 0 Å². The first-order valence-electron chi connectivity index (χ1n) is 4.51. The molecule has 0 radical (unpaired) electrons. The molecule has 0 aromatic carbocycles. The van der Waals surface area contributed by atoms with Crippen molar-refractivity contribution < 1.29 is 14.3 Å². The molecule has 1 aliphatic rings. The van der Waals surface area contributed by atoms with E-state index in [2.05, 4.69) is 6.58 Å². The van der Waals surface area contributed by atoms with Crippen LogP contribution in [0.2, 0.25) is 0 Å². The van der Waals surface area contributed by atoms with Crippen LogP contribution in [0.4, 0.5) is 0 Å². The lowest BCUT2D eigenvalue weighted by atomic mass is 10.1. The van der Waals surface area contributed by atoms with Gasteiger partial charge in [-0.25, -0.2) is 0 Å². The normalized spacial score (nSPS) is 31.5. The molecule has 0 spiro atoms. The molecule has 1 fully saturated rings. The van der Waals surface area contributed by atoms with E-state index >= 15 is 0 Å². The molecule has 3 nitrogen and oxygen atoms in total. The predicted molar refractivity (Wildman–Crippen MR) is 49.3 cm³/mol. The van der Waals surface area contributed by atoms with E-state index in [1.54, 1.807) is 0 Å². The third-order valence-corrected chi connectivity index (χ3v) is 2.01. The van der Waals surface area contributed by atoms with Crippen molar-refractivity contribution in [2.24, 2.45) is 0 Å². The van der Waals surface area contributed by atoms with E-state index in [0.717, 1.165) is 19.1 Å². The molecule has 0 unspecified atom stereocenters. The molecule has 0 aromatic heterocycles. The molecule has 0 aromatic rings. The van der Waals surface area contributed by atoms with Gasteiger partial charge in [-0.05, 0) is 26.7 Å². The van der Waals surface area contributed by atoms with Crippen LogP contribution < -0.4 is 0 Å². The van der Waals surface area contributed by atoms with E-state index in [1.807, 2.05) is 19.9 Å². The van der Waals surface area contributed by atoms with Crippen LogP contribution in [0.3, 0.4) is 0 Å². The molecule has 1 heterocycles. The lowest BCUT2D eigenvalue weighted by molar-refractivity contribution is -0.150. The van der Waals surface area contributed by atoms with Crippen LogP contribution in [0.15, 0.2) is 12.7 Å². The average molecular weight is 184 g/mol. The highest BCUT2D eigenvalue weighted by atomic mass is 16.8. The molecule has 1 rings (SSSR count). The minimum Gasteiger partial charge on any atom is -0.344 e. The zero-order valence-electron chi connectivity index (χ0n) is 8.16. The van der Waals surface area contributed by atoms with E-state index in [9.17, 15) is 4.79 Å². The zero-order chi connectivity index (χ0) is 9.90. The summed E-state index contributed by atoms with van der Waals surface area (Å²) in [5.41, 5.74) is 0. The molecule has 74 valence electrons. The summed E-state index contributed by atoms with van der Waals surface area (Å²) in [5, 5.41) is 0. The number of hydrogen-bond donors (Lipinski definition) is 0. The van der Waals surface area contributed by atoms with Crippen molar-refractivity contribution in [3.8, 4) is 0 Å². The predicted octanol–water partition coefficient (Wildman–Crippen LogP) is 1.67. The van der Waals surface area contributed by atoms with Gasteiger partial charge in [-0.15, -0.1) is 6.58 Å². The molecule has 3 heteroatoms. The molecule has 1 saturated heterocycles. The number of ether oxygens (including phenoxy) is 2. The second kappa shape index (κ2) is 4.03. The van der Waals surface area contributed by atoms with Gasteiger partial charge in [0.25, 0.3) is 0 Å². The maximum Gasteiger partial charge on any atom is 0.164 e. The Labute approximate surface area is 78.7 Å². The fourth-order valence-electron chi connectivity index (χ4n) is 1.48. The number of allylic oxidation sites excluding steroid dienone is 1. The first-order chi connectivity index (χ1) is 6.09. The SMILES string of the molecule is C=CCC[C@@H]1OC(C)(C)O[C@@H]1C=O. The van der Waals surface area contributed by atoms with E-state index in [0.29, 0.717) is 0 Å². The van der Waals surface area contributed by atoms with Crippen molar-refractivity contribution in [1.29, 1.82) is 0 Å². The highest BCUT2D eigenvalue weighted by molar-refractivity contribution is 5.57. The van der Waals surface area contributed by atoms with Crippen LogP contribution in [-0.2, 0) is 14.3 Å². The monoisotopic (exact) mass is 184 g/mol.